The molecule has 3 aliphatic rings. The molecule has 0 amide bonds. The summed E-state index contributed by atoms with van der Waals surface area (Å²) in [7, 11) is -3.63. The third kappa shape index (κ3) is 7.86. The summed E-state index contributed by atoms with van der Waals surface area (Å²) < 4.78 is 74.7. The average Bonchev–Trinajstić information content (AvgIpc) is 3.26. The molecular weight excluding hydrogens is 584 g/mol. The lowest BCUT2D eigenvalue weighted by molar-refractivity contribution is -0.333. The molecule has 0 aliphatic carbocycles. The zero-order chi connectivity index (χ0) is 30.6. The Balaban J connectivity index is 2.00. The number of aliphatic hydroxyl groups is 1. The molecule has 0 aromatic carbocycles. The molecule has 0 unspecified atom stereocenters. The van der Waals surface area contributed by atoms with E-state index in [4.69, 9.17) is 37.9 Å². The summed E-state index contributed by atoms with van der Waals surface area (Å²) in [5.74, 6) is 0.963. The molecule has 0 bridgehead atoms. The van der Waals surface area contributed by atoms with E-state index in [2.05, 4.69) is 19.4 Å². The van der Waals surface area contributed by atoms with Gasteiger partial charge in [-0.05, 0) is 0 Å². The fourth-order valence-corrected chi connectivity index (χ4v) is 4.72. The number of nitrogens with zero attached hydrogens (tertiary/aromatic N) is 1. The van der Waals surface area contributed by atoms with Crippen molar-refractivity contribution >= 4 is 40.2 Å². The van der Waals surface area contributed by atoms with Crippen LogP contribution in [0.4, 0.5) is 0 Å². The first kappa shape index (κ1) is 32.5. The normalized spacial score (nSPS) is 34.9. The standard InChI is InChI=1S/C21H30N2O17S/c1-7-23-12-14(13(27)11(37-20(12)33-7)6-32-41(29,30)40-22)38-21-18(36-10(4)26)16(35-9(3)25)15(34-8(2)24)17(39-21)19(28)31-5/h11-18,20-21,27H,6,22H2,1-5H3/t11-,12-,13+,14-,15+,16+,17+,18-,20+,21-/m1/s1. The molecular formula is C21H30N2O17S. The minimum Gasteiger partial charge on any atom is -0.467 e. The molecule has 3 N–H and O–H groups in total. The zero-order valence-electron chi connectivity index (χ0n) is 22.4. The first-order chi connectivity index (χ1) is 19.2. The molecule has 0 aromatic rings. The third-order valence-corrected chi connectivity index (χ3v) is 6.54. The van der Waals surface area contributed by atoms with Crippen molar-refractivity contribution in [3.8, 4) is 0 Å². The van der Waals surface area contributed by atoms with Crippen molar-refractivity contribution in [1.82, 2.24) is 0 Å². The number of hydrogen-bond donors (Lipinski definition) is 2. The summed E-state index contributed by atoms with van der Waals surface area (Å²) in [6, 6.07) is -1.10. The van der Waals surface area contributed by atoms with Crippen LogP contribution in [0.25, 0.3) is 0 Å². The number of aliphatic imine (C=N–C) groups is 1. The number of esters is 4. The summed E-state index contributed by atoms with van der Waals surface area (Å²) in [6.45, 7) is 3.69. The Kier molecular flexibility index (Phi) is 10.6. The van der Waals surface area contributed by atoms with Crippen molar-refractivity contribution in [2.75, 3.05) is 13.7 Å². The van der Waals surface area contributed by atoms with Gasteiger partial charge < -0.3 is 43.0 Å². The van der Waals surface area contributed by atoms with Crippen LogP contribution in [0.1, 0.15) is 27.7 Å². The van der Waals surface area contributed by atoms with Crippen molar-refractivity contribution in [2.45, 2.75) is 89.0 Å². The Labute approximate surface area is 233 Å². The Morgan fingerprint density at radius 1 is 0.951 bits per heavy atom. The van der Waals surface area contributed by atoms with Crippen LogP contribution in [0.3, 0.4) is 0 Å². The van der Waals surface area contributed by atoms with Crippen molar-refractivity contribution < 1.29 is 79.1 Å². The molecule has 2 saturated heterocycles. The van der Waals surface area contributed by atoms with Crippen LogP contribution >= 0.6 is 0 Å². The number of hydrogen-bond acceptors (Lipinski definition) is 19. The van der Waals surface area contributed by atoms with Crippen LogP contribution in [-0.4, -0.2) is 118 Å². The highest BCUT2D eigenvalue weighted by Gasteiger charge is 2.58. The van der Waals surface area contributed by atoms with E-state index in [0.717, 1.165) is 27.9 Å². The zero-order valence-corrected chi connectivity index (χ0v) is 23.2. The van der Waals surface area contributed by atoms with E-state index in [1.165, 1.54) is 6.92 Å². The van der Waals surface area contributed by atoms with E-state index < -0.39 is 102 Å². The Hall–Kier alpha value is -2.98. The molecule has 3 heterocycles. The summed E-state index contributed by atoms with van der Waals surface area (Å²) >= 11 is 0. The summed E-state index contributed by atoms with van der Waals surface area (Å²) in [5, 5.41) is 11.1. The van der Waals surface area contributed by atoms with Crippen LogP contribution < -0.4 is 5.90 Å². The molecule has 0 saturated carbocycles. The minimum absolute atomic E-state index is 0.113. The van der Waals surface area contributed by atoms with Gasteiger partial charge >= 0.3 is 34.3 Å². The van der Waals surface area contributed by atoms with Crippen LogP contribution in [0.15, 0.2) is 4.99 Å². The largest absolute Gasteiger partial charge is 0.467 e. The highest BCUT2D eigenvalue weighted by Crippen LogP contribution is 2.36. The molecule has 19 nitrogen and oxygen atoms in total. The molecule has 41 heavy (non-hydrogen) atoms. The van der Waals surface area contributed by atoms with E-state index in [9.17, 15) is 32.7 Å². The van der Waals surface area contributed by atoms with E-state index in [-0.39, 0.29) is 5.90 Å². The molecule has 2 fully saturated rings. The number of carbonyl (C=O) groups excluding carboxylic acids is 4. The van der Waals surface area contributed by atoms with Gasteiger partial charge in [-0.3, -0.25) is 14.4 Å². The number of ether oxygens (including phenoxy) is 8. The maximum absolute atomic E-state index is 12.7. The van der Waals surface area contributed by atoms with E-state index in [0.29, 0.717) is 0 Å². The van der Waals surface area contributed by atoms with Gasteiger partial charge in [-0.15, -0.1) is 0 Å². The molecule has 232 valence electrons. The van der Waals surface area contributed by atoms with Gasteiger partial charge in [0.1, 0.15) is 24.4 Å². The SMILES string of the molecule is COC(=O)[C@H]1O[C@@H](O[C@H]2[C@@H](O)[C@@H](COS(=O)(=O)ON)O[C@@H]3OC(C)=N[C@@H]32)[C@H](OC(C)=O)[C@@H](OC(C)=O)[C@@H]1OC(C)=O. The fourth-order valence-electron chi connectivity index (χ4n) is 4.36. The first-order valence-electron chi connectivity index (χ1n) is 11.9. The minimum atomic E-state index is -4.64. The van der Waals surface area contributed by atoms with E-state index in [1.807, 2.05) is 0 Å². The maximum Gasteiger partial charge on any atom is 0.415 e. The Morgan fingerprint density at radius 2 is 1.54 bits per heavy atom. The Bertz CT molecular complexity index is 1140. The lowest BCUT2D eigenvalue weighted by Gasteiger charge is -2.46. The van der Waals surface area contributed by atoms with Crippen LogP contribution in [-0.2, 0) is 75.9 Å². The van der Waals surface area contributed by atoms with Crippen LogP contribution in [0.2, 0.25) is 0 Å². The van der Waals surface area contributed by atoms with Crippen molar-refractivity contribution in [3.05, 3.63) is 0 Å². The third-order valence-electron chi connectivity index (χ3n) is 5.88. The van der Waals surface area contributed by atoms with Gasteiger partial charge in [0.05, 0.1) is 13.7 Å². The number of rotatable bonds is 10. The van der Waals surface area contributed by atoms with Crippen molar-refractivity contribution in [3.63, 3.8) is 0 Å². The van der Waals surface area contributed by atoms with E-state index in [1.54, 1.807) is 0 Å². The molecule has 3 rings (SSSR count). The summed E-state index contributed by atoms with van der Waals surface area (Å²) in [5.41, 5.74) is 0. The summed E-state index contributed by atoms with van der Waals surface area (Å²) in [6.07, 6.45) is -14.4. The highest BCUT2D eigenvalue weighted by atomic mass is 32.3. The number of nitrogens with two attached hydrogens (primary N) is 1. The van der Waals surface area contributed by atoms with Gasteiger partial charge in [-0.2, -0.15) is 18.6 Å². The second-order valence-electron chi connectivity index (χ2n) is 8.85. The van der Waals surface area contributed by atoms with Gasteiger partial charge in [-0.25, -0.2) is 14.0 Å². The second kappa shape index (κ2) is 13.3. The molecule has 20 heteroatoms. The van der Waals surface area contributed by atoms with Crippen molar-refractivity contribution in [2.24, 2.45) is 10.9 Å². The first-order valence-corrected chi connectivity index (χ1v) is 13.2. The maximum atomic E-state index is 12.7. The number of fused-ring (bicyclic) bond motifs is 1. The fraction of sp³-hybridized carbons (Fsp3) is 0.762. The Morgan fingerprint density at radius 3 is 2.10 bits per heavy atom. The van der Waals surface area contributed by atoms with E-state index >= 15 is 0 Å². The molecule has 3 aliphatic heterocycles. The van der Waals surface area contributed by atoms with Crippen LogP contribution in [0, 0.1) is 0 Å². The molecule has 0 spiro atoms. The van der Waals surface area contributed by atoms with Gasteiger partial charge in [0.25, 0.3) is 0 Å². The van der Waals surface area contributed by atoms with Gasteiger partial charge in [0.15, 0.2) is 36.6 Å². The van der Waals surface area contributed by atoms with Crippen LogP contribution in [0.5, 0.6) is 0 Å². The molecule has 10 atom stereocenters. The summed E-state index contributed by atoms with van der Waals surface area (Å²) in [4.78, 5) is 52.8. The average molecular weight is 615 g/mol. The lowest BCUT2D eigenvalue weighted by Crippen LogP contribution is -2.66. The number of aliphatic hydroxyl groups excluding tert-OH is 1. The quantitative estimate of drug-likeness (QED) is 0.142. The topological polar surface area (TPSA) is 253 Å². The lowest BCUT2D eigenvalue weighted by atomic mass is 9.95. The monoisotopic (exact) mass is 614 g/mol. The highest BCUT2D eigenvalue weighted by molar-refractivity contribution is 7.81. The molecule has 0 aromatic heterocycles. The van der Waals surface area contributed by atoms with Gasteiger partial charge in [0.2, 0.25) is 6.29 Å². The molecule has 0 radical (unpaired) electrons. The van der Waals surface area contributed by atoms with Gasteiger partial charge in [0, 0.05) is 27.7 Å². The number of carbonyl (C=O) groups is 4. The second-order valence-corrected chi connectivity index (χ2v) is 10.1. The predicted molar refractivity (Wildman–Crippen MR) is 125 cm³/mol. The van der Waals surface area contributed by atoms with Crippen molar-refractivity contribution in [1.29, 1.82) is 0 Å². The predicted octanol–water partition coefficient (Wildman–Crippen LogP) is -2.88. The number of methoxy groups -OCH3 is 1. The smallest absolute Gasteiger partial charge is 0.415 e. The van der Waals surface area contributed by atoms with Gasteiger partial charge in [-0.1, -0.05) is 0 Å².